The second kappa shape index (κ2) is 20.8. The fourth-order valence-corrected chi connectivity index (χ4v) is 8.02. The van der Waals surface area contributed by atoms with Gasteiger partial charge in [0.05, 0.1) is 43.6 Å². The highest BCUT2D eigenvalue weighted by Crippen LogP contribution is 2.46. The highest BCUT2D eigenvalue weighted by Gasteiger charge is 2.27. The van der Waals surface area contributed by atoms with Crippen LogP contribution >= 0.6 is 0 Å². The average molecular weight is 1050 g/mol. The van der Waals surface area contributed by atoms with E-state index in [-0.39, 0.29) is 69.7 Å². The van der Waals surface area contributed by atoms with Gasteiger partial charge >= 0.3 is 11.9 Å². The third-order valence-electron chi connectivity index (χ3n) is 9.35. The number of methoxy groups -OCH3 is 2. The van der Waals surface area contributed by atoms with Gasteiger partial charge in [0.2, 0.25) is 11.6 Å². The standard InChI is InChI=1S/C39H34N8O21S3/c1-65-27-17-31(70(59,60)61)30(66-2)16-24(27)41-42-25-14-29(68-10-8-49)26(15-28(25)67-9-7-48)43-44-33-32(71(62,63)64)12-18-11-19(3-5-21(18)36(33)50)47-37(51)34(35(46-47)39(54)55)45-40-23-6-4-20(69(56,57)58)13-22(23)38(52)53/h3-6,11-17,48-51H,7-10H2,1-2H3,(H,52,53)(H,54,55)(H,56,57,58)(H,59,60,61)(H,62,63,64). The highest BCUT2D eigenvalue weighted by molar-refractivity contribution is 7.86. The van der Waals surface area contributed by atoms with Crippen LogP contribution in [0.5, 0.6) is 34.6 Å². The summed E-state index contributed by atoms with van der Waals surface area (Å²) in [5.74, 6) is -6.37. The van der Waals surface area contributed by atoms with E-state index in [0.29, 0.717) is 10.7 Å². The zero-order valence-corrected chi connectivity index (χ0v) is 38.4. The number of hydrogen-bond acceptors (Lipinski definition) is 23. The van der Waals surface area contributed by atoms with Gasteiger partial charge in [-0.15, -0.1) is 30.7 Å². The van der Waals surface area contributed by atoms with Crippen molar-refractivity contribution < 1.29 is 98.1 Å². The van der Waals surface area contributed by atoms with Crippen molar-refractivity contribution in [2.45, 2.75) is 14.7 Å². The van der Waals surface area contributed by atoms with Crippen LogP contribution in [-0.4, -0.2) is 132 Å². The van der Waals surface area contributed by atoms with Gasteiger partial charge in [-0.3, -0.25) is 13.7 Å². The molecule has 0 aliphatic rings. The summed E-state index contributed by atoms with van der Waals surface area (Å²) in [6.07, 6.45) is 0. The molecular formula is C39H34N8O21S3. The predicted molar refractivity (Wildman–Crippen MR) is 238 cm³/mol. The maximum Gasteiger partial charge on any atom is 0.358 e. The zero-order chi connectivity index (χ0) is 52.2. The Morgan fingerprint density at radius 1 is 0.592 bits per heavy atom. The van der Waals surface area contributed by atoms with Crippen molar-refractivity contribution in [2.75, 3.05) is 40.6 Å². The van der Waals surface area contributed by atoms with Gasteiger partial charge in [0.1, 0.15) is 74.4 Å². The van der Waals surface area contributed by atoms with E-state index in [1.807, 2.05) is 0 Å². The van der Waals surface area contributed by atoms with Gasteiger partial charge in [0.15, 0.2) is 11.4 Å². The van der Waals surface area contributed by atoms with Gasteiger partial charge < -0.3 is 49.6 Å². The molecule has 6 rings (SSSR count). The molecule has 374 valence electrons. The van der Waals surface area contributed by atoms with E-state index in [9.17, 15) is 79.1 Å². The number of aromatic nitrogens is 2. The third kappa shape index (κ3) is 11.5. The van der Waals surface area contributed by atoms with Crippen molar-refractivity contribution >= 4 is 87.2 Å². The summed E-state index contributed by atoms with van der Waals surface area (Å²) in [6, 6.07) is 10.6. The molecule has 0 saturated heterocycles. The van der Waals surface area contributed by atoms with E-state index in [1.54, 1.807) is 0 Å². The number of carbonyl (C=O) groups is 2. The second-order valence-corrected chi connectivity index (χ2v) is 18.0. The van der Waals surface area contributed by atoms with Crippen molar-refractivity contribution in [2.24, 2.45) is 30.7 Å². The molecule has 5 aromatic carbocycles. The second-order valence-electron chi connectivity index (χ2n) is 13.8. The topological polar surface area (TPSA) is 448 Å². The molecule has 0 unspecified atom stereocenters. The number of aliphatic hydroxyl groups excluding tert-OH is 2. The van der Waals surface area contributed by atoms with E-state index >= 15 is 0 Å². The number of nitrogens with zero attached hydrogens (tertiary/aromatic N) is 8. The van der Waals surface area contributed by atoms with Crippen LogP contribution in [0, 0.1) is 0 Å². The summed E-state index contributed by atoms with van der Waals surface area (Å²) in [4.78, 5) is 21.5. The van der Waals surface area contributed by atoms with E-state index < -0.39 is 110 Å². The first-order chi connectivity index (χ1) is 33.4. The molecule has 0 fully saturated rings. The lowest BCUT2D eigenvalue weighted by molar-refractivity contribution is 0.0682. The smallest absolute Gasteiger partial charge is 0.358 e. The number of aromatic hydroxyl groups is 2. The van der Waals surface area contributed by atoms with Crippen LogP contribution in [0.1, 0.15) is 20.8 Å². The Balaban J connectivity index is 1.44. The summed E-state index contributed by atoms with van der Waals surface area (Å²) in [5, 5.41) is 87.9. The summed E-state index contributed by atoms with van der Waals surface area (Å²) < 4.78 is 124. The quantitative estimate of drug-likeness (QED) is 0.0333. The lowest BCUT2D eigenvalue weighted by Crippen LogP contribution is -2.04. The van der Waals surface area contributed by atoms with Gasteiger partial charge in [-0.25, -0.2) is 9.59 Å². The normalized spacial score (nSPS) is 12.3. The molecule has 0 bridgehead atoms. The molecule has 29 nitrogen and oxygen atoms in total. The van der Waals surface area contributed by atoms with Crippen molar-refractivity contribution in [3.8, 4) is 40.3 Å². The number of hydrogen-bond donors (Lipinski definition) is 9. The van der Waals surface area contributed by atoms with Crippen LogP contribution in [0.15, 0.2) is 112 Å². The number of phenolic OH excluding ortho intramolecular Hbond substituents is 1. The predicted octanol–water partition coefficient (Wildman–Crippen LogP) is 5.58. The number of aromatic carboxylic acids is 2. The molecule has 0 saturated carbocycles. The highest BCUT2D eigenvalue weighted by atomic mass is 32.2. The number of ether oxygens (including phenoxy) is 4. The van der Waals surface area contributed by atoms with Crippen LogP contribution < -0.4 is 18.9 Å². The minimum absolute atomic E-state index is 0.120. The Hall–Kier alpha value is -8.24. The number of azo groups is 3. The molecular weight excluding hydrogens is 1010 g/mol. The molecule has 0 aliphatic carbocycles. The number of phenols is 1. The molecule has 0 atom stereocenters. The van der Waals surface area contributed by atoms with Gasteiger partial charge in [0, 0.05) is 29.7 Å². The minimum atomic E-state index is -5.30. The molecule has 1 aromatic heterocycles. The minimum Gasteiger partial charge on any atom is -0.505 e. The zero-order valence-electron chi connectivity index (χ0n) is 35.9. The summed E-state index contributed by atoms with van der Waals surface area (Å²) in [5.41, 5.74) is -4.76. The molecule has 0 spiro atoms. The molecule has 71 heavy (non-hydrogen) atoms. The lowest BCUT2D eigenvalue weighted by Gasteiger charge is -2.13. The molecule has 0 amide bonds. The van der Waals surface area contributed by atoms with Gasteiger partial charge in [-0.2, -0.15) is 35.0 Å². The Labute approximate surface area is 398 Å². The average Bonchev–Trinajstić information content (AvgIpc) is 3.65. The van der Waals surface area contributed by atoms with E-state index in [1.165, 1.54) is 7.11 Å². The summed E-state index contributed by atoms with van der Waals surface area (Å²) in [6.45, 7) is -1.79. The summed E-state index contributed by atoms with van der Waals surface area (Å²) >= 11 is 0. The van der Waals surface area contributed by atoms with E-state index in [4.69, 9.17) is 18.9 Å². The number of aliphatic hydroxyl groups is 2. The maximum absolute atomic E-state index is 12.8. The van der Waals surface area contributed by atoms with Crippen LogP contribution in [-0.2, 0) is 30.4 Å². The van der Waals surface area contributed by atoms with E-state index in [0.717, 1.165) is 67.8 Å². The van der Waals surface area contributed by atoms with Crippen molar-refractivity contribution in [1.29, 1.82) is 0 Å². The number of carboxylic acids is 2. The van der Waals surface area contributed by atoms with Gasteiger partial charge in [-0.05, 0) is 47.9 Å². The number of fused-ring (bicyclic) bond motifs is 1. The number of benzene rings is 5. The maximum atomic E-state index is 12.8. The van der Waals surface area contributed by atoms with E-state index in [2.05, 4.69) is 35.8 Å². The Morgan fingerprint density at radius 2 is 1.13 bits per heavy atom. The van der Waals surface area contributed by atoms with Crippen molar-refractivity contribution in [3.05, 3.63) is 78.0 Å². The fraction of sp³-hybridized carbons (Fsp3) is 0.154. The molecule has 6 aromatic rings. The van der Waals surface area contributed by atoms with Crippen LogP contribution in [0.2, 0.25) is 0 Å². The van der Waals surface area contributed by atoms with Gasteiger partial charge in [-0.1, -0.05) is 0 Å². The molecule has 0 aliphatic heterocycles. The monoisotopic (exact) mass is 1050 g/mol. The lowest BCUT2D eigenvalue weighted by atomic mass is 10.1. The molecule has 9 N–H and O–H groups in total. The molecule has 1 heterocycles. The summed E-state index contributed by atoms with van der Waals surface area (Å²) in [7, 11) is -12.6. The Morgan fingerprint density at radius 3 is 1.65 bits per heavy atom. The Bertz CT molecular complexity index is 3560. The largest absolute Gasteiger partial charge is 0.505 e. The molecule has 32 heteroatoms. The molecule has 0 radical (unpaired) electrons. The fourth-order valence-electron chi connectivity index (χ4n) is 6.20. The first-order valence-electron chi connectivity index (χ1n) is 19.2. The first-order valence-corrected chi connectivity index (χ1v) is 23.6. The SMILES string of the molecule is COc1cc(S(=O)(=O)O)c(OC)cc1N=Nc1cc(OCCO)c(N=Nc2c(S(=O)(=O)O)cc3cc(-n4nc(C(=O)O)c(N=Nc5ccc(S(=O)(=O)O)cc5C(=O)O)c4O)ccc3c2O)cc1OCCO. The van der Waals surface area contributed by atoms with Crippen molar-refractivity contribution in [1.82, 2.24) is 9.78 Å². The van der Waals surface area contributed by atoms with Crippen molar-refractivity contribution in [3.63, 3.8) is 0 Å². The number of rotatable bonds is 20. The van der Waals surface area contributed by atoms with Gasteiger partial charge in [0.25, 0.3) is 30.4 Å². The van der Waals surface area contributed by atoms with Crippen LogP contribution in [0.4, 0.5) is 34.1 Å². The Kier molecular flexibility index (Phi) is 15.3. The first kappa shape index (κ1) is 52.1. The van der Waals surface area contributed by atoms with Crippen LogP contribution in [0.3, 0.4) is 0 Å². The van der Waals surface area contributed by atoms with Crippen LogP contribution in [0.25, 0.3) is 16.5 Å². The third-order valence-corrected chi connectivity index (χ3v) is 11.9. The number of carboxylic acid groups (broad SMARTS) is 2.